The van der Waals surface area contributed by atoms with Crippen LogP contribution in [-0.2, 0) is 6.54 Å². The molecule has 2 aromatic rings. The fraction of sp³-hybridized carbons (Fsp3) is 0.412. The van der Waals surface area contributed by atoms with Crippen molar-refractivity contribution < 1.29 is 9.90 Å². The van der Waals surface area contributed by atoms with E-state index in [1.54, 1.807) is 10.9 Å². The molecule has 0 amide bonds. The first-order chi connectivity index (χ1) is 10.1. The van der Waals surface area contributed by atoms with Crippen LogP contribution in [0.4, 0.5) is 0 Å². The molecule has 21 heavy (non-hydrogen) atoms. The number of nitrogens with zero attached hydrogens (tertiary/aromatic N) is 2. The van der Waals surface area contributed by atoms with E-state index in [1.807, 2.05) is 12.1 Å². The maximum atomic E-state index is 11.5. The van der Waals surface area contributed by atoms with Gasteiger partial charge in [-0.15, -0.1) is 0 Å². The van der Waals surface area contributed by atoms with Crippen molar-refractivity contribution in [3.05, 3.63) is 52.8 Å². The van der Waals surface area contributed by atoms with Crippen LogP contribution in [0.5, 0.6) is 0 Å². The van der Waals surface area contributed by atoms with Gasteiger partial charge in [-0.05, 0) is 30.9 Å². The van der Waals surface area contributed by atoms with Crippen molar-refractivity contribution in [2.24, 2.45) is 0 Å². The number of hydrogen-bond donors (Lipinski definition) is 1. The topological polar surface area (TPSA) is 55.1 Å². The number of aromatic nitrogens is 2. The molecule has 0 saturated heterocycles. The lowest BCUT2D eigenvalue weighted by Crippen LogP contribution is -2.04. The zero-order valence-corrected chi connectivity index (χ0v) is 12.2. The van der Waals surface area contributed by atoms with Gasteiger partial charge in [0, 0.05) is 12.1 Å². The van der Waals surface area contributed by atoms with E-state index in [-0.39, 0.29) is 0 Å². The Morgan fingerprint density at radius 2 is 2.05 bits per heavy atom. The van der Waals surface area contributed by atoms with Crippen molar-refractivity contribution in [2.45, 2.75) is 45.1 Å². The first-order valence-corrected chi connectivity index (χ1v) is 7.50. The van der Waals surface area contributed by atoms with Crippen LogP contribution in [0.15, 0.2) is 30.5 Å². The number of carbonyl (C=O) groups is 1. The minimum atomic E-state index is -0.868. The summed E-state index contributed by atoms with van der Waals surface area (Å²) in [6.45, 7) is 2.69. The van der Waals surface area contributed by atoms with E-state index in [2.05, 4.69) is 24.2 Å². The zero-order valence-electron chi connectivity index (χ0n) is 12.2. The molecule has 4 nitrogen and oxygen atoms in total. The Bertz CT molecular complexity index is 655. The molecule has 1 aliphatic carbocycles. The van der Waals surface area contributed by atoms with Crippen LogP contribution < -0.4 is 0 Å². The van der Waals surface area contributed by atoms with Gasteiger partial charge in [-0.2, -0.15) is 5.10 Å². The number of aryl methyl sites for hydroxylation is 1. The largest absolute Gasteiger partial charge is 0.478 e. The molecule has 1 saturated carbocycles. The predicted octanol–water partition coefficient (Wildman–Crippen LogP) is 3.60. The molecular weight excluding hydrogens is 264 g/mol. The summed E-state index contributed by atoms with van der Waals surface area (Å²) in [6, 6.07) is 8.14. The third-order valence-electron chi connectivity index (χ3n) is 4.36. The third-order valence-corrected chi connectivity index (χ3v) is 4.36. The predicted molar refractivity (Wildman–Crippen MR) is 80.7 cm³/mol. The quantitative estimate of drug-likeness (QED) is 0.933. The van der Waals surface area contributed by atoms with Crippen LogP contribution in [0.3, 0.4) is 0 Å². The highest BCUT2D eigenvalue weighted by atomic mass is 16.4. The minimum absolute atomic E-state index is 0.314. The van der Waals surface area contributed by atoms with Crippen LogP contribution in [0.25, 0.3) is 0 Å². The molecule has 1 aromatic carbocycles. The summed E-state index contributed by atoms with van der Waals surface area (Å²) >= 11 is 0. The number of rotatable bonds is 4. The van der Waals surface area contributed by atoms with Gasteiger partial charge in [0.05, 0.1) is 12.2 Å². The second-order valence-electron chi connectivity index (χ2n) is 5.84. The number of benzene rings is 1. The van der Waals surface area contributed by atoms with Crippen LogP contribution in [-0.4, -0.2) is 20.9 Å². The monoisotopic (exact) mass is 284 g/mol. The van der Waals surface area contributed by atoms with Crippen LogP contribution in [0.2, 0.25) is 0 Å². The van der Waals surface area contributed by atoms with Crippen molar-refractivity contribution in [3.8, 4) is 0 Å². The smallest absolute Gasteiger partial charge is 0.339 e. The maximum absolute atomic E-state index is 11.5. The standard InChI is InChI=1S/C17H20N2O2/c1-12-6-2-3-9-14(12)10-19-11-15(17(20)21)16(18-19)13-7-4-5-8-13/h2-3,6,9,11,13H,4-5,7-8,10H2,1H3,(H,20,21). The van der Waals surface area contributed by atoms with Crippen molar-refractivity contribution in [1.29, 1.82) is 0 Å². The van der Waals surface area contributed by atoms with Crippen molar-refractivity contribution in [3.63, 3.8) is 0 Å². The SMILES string of the molecule is Cc1ccccc1Cn1cc(C(=O)O)c(C2CCCC2)n1. The van der Waals surface area contributed by atoms with Crippen LogP contribution >= 0.6 is 0 Å². The highest BCUT2D eigenvalue weighted by Crippen LogP contribution is 2.35. The van der Waals surface area contributed by atoms with Gasteiger partial charge in [-0.3, -0.25) is 4.68 Å². The van der Waals surface area contributed by atoms with Gasteiger partial charge in [0.25, 0.3) is 0 Å². The van der Waals surface area contributed by atoms with E-state index in [4.69, 9.17) is 0 Å². The normalized spacial score (nSPS) is 15.5. The summed E-state index contributed by atoms with van der Waals surface area (Å²) in [4.78, 5) is 11.5. The van der Waals surface area contributed by atoms with Crippen molar-refractivity contribution in [2.75, 3.05) is 0 Å². The van der Waals surface area contributed by atoms with Gasteiger partial charge < -0.3 is 5.11 Å². The molecule has 3 rings (SSSR count). The molecule has 1 heterocycles. The lowest BCUT2D eigenvalue weighted by Gasteiger charge is -2.07. The summed E-state index contributed by atoms with van der Waals surface area (Å²) < 4.78 is 1.78. The molecule has 0 spiro atoms. The molecule has 0 radical (unpaired) electrons. The van der Waals surface area contributed by atoms with Gasteiger partial charge in [-0.1, -0.05) is 37.1 Å². The minimum Gasteiger partial charge on any atom is -0.478 e. The fourth-order valence-electron chi connectivity index (χ4n) is 3.14. The van der Waals surface area contributed by atoms with Gasteiger partial charge in [0.2, 0.25) is 0 Å². The summed E-state index contributed by atoms with van der Waals surface area (Å²) in [5.74, 6) is -0.554. The van der Waals surface area contributed by atoms with Crippen molar-refractivity contribution in [1.82, 2.24) is 9.78 Å². The molecule has 0 aliphatic heterocycles. The highest BCUT2D eigenvalue weighted by Gasteiger charge is 2.26. The van der Waals surface area contributed by atoms with E-state index < -0.39 is 5.97 Å². The Kier molecular flexibility index (Phi) is 3.78. The average Bonchev–Trinajstić information content (AvgIpc) is 3.10. The van der Waals surface area contributed by atoms with Gasteiger partial charge in [-0.25, -0.2) is 4.79 Å². The summed E-state index contributed by atoms with van der Waals surface area (Å²) in [6.07, 6.45) is 6.15. The summed E-state index contributed by atoms with van der Waals surface area (Å²) in [5.41, 5.74) is 3.52. The second kappa shape index (κ2) is 5.72. The van der Waals surface area contributed by atoms with E-state index >= 15 is 0 Å². The van der Waals surface area contributed by atoms with Gasteiger partial charge >= 0.3 is 5.97 Å². The lowest BCUT2D eigenvalue weighted by molar-refractivity contribution is 0.0695. The lowest BCUT2D eigenvalue weighted by atomic mass is 10.0. The molecule has 0 unspecified atom stereocenters. The fourth-order valence-corrected chi connectivity index (χ4v) is 3.14. The Balaban J connectivity index is 1.91. The van der Waals surface area contributed by atoms with Crippen molar-refractivity contribution >= 4 is 5.97 Å². The third kappa shape index (κ3) is 2.84. The number of hydrogen-bond acceptors (Lipinski definition) is 2. The number of carboxylic acids is 1. The highest BCUT2D eigenvalue weighted by molar-refractivity contribution is 5.88. The number of carboxylic acid groups (broad SMARTS) is 1. The second-order valence-corrected chi connectivity index (χ2v) is 5.84. The Morgan fingerprint density at radius 1 is 1.33 bits per heavy atom. The van der Waals surface area contributed by atoms with Gasteiger partial charge in [0.1, 0.15) is 5.56 Å². The molecule has 110 valence electrons. The van der Waals surface area contributed by atoms with E-state index in [9.17, 15) is 9.90 Å². The van der Waals surface area contributed by atoms with Gasteiger partial charge in [0.15, 0.2) is 0 Å². The maximum Gasteiger partial charge on any atom is 0.339 e. The first kappa shape index (κ1) is 13.9. The summed E-state index contributed by atoms with van der Waals surface area (Å²) in [5, 5.41) is 14.0. The zero-order chi connectivity index (χ0) is 14.8. The van der Waals surface area contributed by atoms with E-state index in [1.165, 1.54) is 24.0 Å². The Labute approximate surface area is 124 Å². The molecule has 4 heteroatoms. The Morgan fingerprint density at radius 3 is 2.71 bits per heavy atom. The molecule has 1 fully saturated rings. The average molecular weight is 284 g/mol. The van der Waals surface area contributed by atoms with E-state index in [0.29, 0.717) is 18.0 Å². The molecule has 1 aliphatic rings. The van der Waals surface area contributed by atoms with Crippen LogP contribution in [0.1, 0.15) is 58.8 Å². The molecule has 0 bridgehead atoms. The molecule has 0 atom stereocenters. The molecular formula is C17H20N2O2. The first-order valence-electron chi connectivity index (χ1n) is 7.50. The summed E-state index contributed by atoms with van der Waals surface area (Å²) in [7, 11) is 0. The Hall–Kier alpha value is -2.10. The molecule has 1 N–H and O–H groups in total. The molecule has 1 aromatic heterocycles. The van der Waals surface area contributed by atoms with E-state index in [0.717, 1.165) is 18.5 Å². The van der Waals surface area contributed by atoms with Crippen LogP contribution in [0, 0.1) is 6.92 Å². The number of aromatic carboxylic acids is 1.